The topological polar surface area (TPSA) is 77.2 Å². The van der Waals surface area contributed by atoms with Crippen LogP contribution in [0.1, 0.15) is 34.5 Å². The minimum Gasteiger partial charge on any atom is -0.370 e. The average molecular weight is 457 g/mol. The Hall–Kier alpha value is -3.63. The third kappa shape index (κ3) is 5.83. The van der Waals surface area contributed by atoms with Gasteiger partial charge in [-0.25, -0.2) is 0 Å². The zero-order chi connectivity index (χ0) is 23.9. The fraction of sp³-hybridized carbons (Fsp3) is 0.370. The van der Waals surface area contributed by atoms with Crippen LogP contribution in [-0.4, -0.2) is 53.3 Å². The molecule has 1 fully saturated rings. The molecule has 1 aliphatic rings. The Kier molecular flexibility index (Phi) is 7.61. The van der Waals surface area contributed by atoms with Crippen LogP contribution >= 0.6 is 0 Å². The number of nitrogens with one attached hydrogen (secondary N) is 1. The first-order valence-corrected chi connectivity index (χ1v) is 11.8. The number of amides is 1. The minimum absolute atomic E-state index is 0.0430. The van der Waals surface area contributed by atoms with Crippen molar-refractivity contribution in [1.82, 2.24) is 20.0 Å². The molecule has 176 valence electrons. The van der Waals surface area contributed by atoms with Gasteiger partial charge in [-0.1, -0.05) is 30.3 Å². The first-order chi connectivity index (χ1) is 16.5. The fourth-order valence-electron chi connectivity index (χ4n) is 4.48. The monoisotopic (exact) mass is 456 g/mol. The minimum atomic E-state index is 0.0430. The molecule has 1 aromatic heterocycles. The summed E-state index contributed by atoms with van der Waals surface area (Å²) in [6.45, 7) is 9.23. The van der Waals surface area contributed by atoms with Crippen LogP contribution in [0.15, 0.2) is 54.6 Å². The predicted molar refractivity (Wildman–Crippen MR) is 134 cm³/mol. The van der Waals surface area contributed by atoms with Gasteiger partial charge in [0.25, 0.3) is 0 Å². The van der Waals surface area contributed by atoms with Gasteiger partial charge >= 0.3 is 0 Å². The van der Waals surface area contributed by atoms with Gasteiger partial charge in [-0.2, -0.15) is 10.4 Å². The zero-order valence-electron chi connectivity index (χ0n) is 20.0. The summed E-state index contributed by atoms with van der Waals surface area (Å²) in [5, 5.41) is 16.8. The molecule has 34 heavy (non-hydrogen) atoms. The normalized spacial score (nSPS) is 14.4. The number of aryl methyl sites for hydroxylation is 1. The molecule has 3 aromatic rings. The lowest BCUT2D eigenvalue weighted by Crippen LogP contribution is -2.39. The zero-order valence-corrected chi connectivity index (χ0v) is 20.0. The third-order valence-corrected chi connectivity index (χ3v) is 6.49. The summed E-state index contributed by atoms with van der Waals surface area (Å²) >= 11 is 0. The number of benzene rings is 2. The van der Waals surface area contributed by atoms with Crippen molar-refractivity contribution in [1.29, 1.82) is 5.26 Å². The average Bonchev–Trinajstić information content (AvgIpc) is 3.00. The van der Waals surface area contributed by atoms with Crippen molar-refractivity contribution in [3.05, 3.63) is 82.7 Å². The van der Waals surface area contributed by atoms with Gasteiger partial charge in [-0.15, -0.1) is 0 Å². The summed E-state index contributed by atoms with van der Waals surface area (Å²) in [5.74, 6) is 0.0430. The van der Waals surface area contributed by atoms with Crippen LogP contribution in [0.25, 0.3) is 0 Å². The fourth-order valence-corrected chi connectivity index (χ4v) is 4.48. The molecule has 0 saturated carbocycles. The van der Waals surface area contributed by atoms with E-state index in [1.54, 1.807) is 0 Å². The molecule has 7 heteroatoms. The largest absolute Gasteiger partial charge is 0.370 e. The maximum Gasteiger partial charge on any atom is 0.234 e. The van der Waals surface area contributed by atoms with Crippen molar-refractivity contribution in [3.8, 4) is 6.07 Å². The molecule has 0 radical (unpaired) electrons. The molecule has 2 aromatic carbocycles. The first kappa shape index (κ1) is 23.5. The maximum absolute atomic E-state index is 12.7. The van der Waals surface area contributed by atoms with Crippen LogP contribution in [-0.2, 0) is 17.9 Å². The van der Waals surface area contributed by atoms with E-state index in [1.165, 1.54) is 5.56 Å². The second-order valence-electron chi connectivity index (χ2n) is 8.84. The quantitative estimate of drug-likeness (QED) is 0.591. The molecule has 1 amide bonds. The molecule has 0 atom stereocenters. The lowest BCUT2D eigenvalue weighted by atomic mass is 10.2. The number of nitrogens with zero attached hydrogens (tertiary/aromatic N) is 5. The molecule has 1 N–H and O–H groups in total. The van der Waals surface area contributed by atoms with E-state index >= 15 is 0 Å². The van der Waals surface area contributed by atoms with Gasteiger partial charge in [0.1, 0.15) is 0 Å². The molecule has 1 aliphatic heterocycles. The Labute approximate surface area is 201 Å². The molecule has 0 bridgehead atoms. The number of hydrogen-bond donors (Lipinski definition) is 1. The van der Waals surface area contributed by atoms with E-state index < -0.39 is 0 Å². The Morgan fingerprint density at radius 1 is 1.03 bits per heavy atom. The van der Waals surface area contributed by atoms with Gasteiger partial charge in [0.2, 0.25) is 5.91 Å². The number of anilines is 1. The number of carbonyl (C=O) groups excluding carboxylic acids is 1. The van der Waals surface area contributed by atoms with Crippen molar-refractivity contribution in [2.24, 2.45) is 0 Å². The first-order valence-electron chi connectivity index (χ1n) is 11.8. The van der Waals surface area contributed by atoms with E-state index in [4.69, 9.17) is 10.4 Å². The summed E-state index contributed by atoms with van der Waals surface area (Å²) < 4.78 is 2.01. The lowest BCUT2D eigenvalue weighted by molar-refractivity contribution is -0.122. The van der Waals surface area contributed by atoms with Gasteiger partial charge in [-0.3, -0.25) is 14.4 Å². The lowest BCUT2D eigenvalue weighted by Gasteiger charge is -2.23. The molecule has 1 saturated heterocycles. The van der Waals surface area contributed by atoms with Crippen LogP contribution in [0.4, 0.5) is 5.69 Å². The third-order valence-electron chi connectivity index (χ3n) is 6.49. The van der Waals surface area contributed by atoms with E-state index in [-0.39, 0.29) is 5.91 Å². The number of nitriles is 1. The predicted octanol–water partition coefficient (Wildman–Crippen LogP) is 3.25. The summed E-state index contributed by atoms with van der Waals surface area (Å²) in [6, 6.07) is 20.2. The highest BCUT2D eigenvalue weighted by Gasteiger charge is 2.18. The summed E-state index contributed by atoms with van der Waals surface area (Å²) in [5.41, 5.74) is 6.15. The smallest absolute Gasteiger partial charge is 0.234 e. The van der Waals surface area contributed by atoms with E-state index in [0.29, 0.717) is 18.7 Å². The number of hydrogen-bond acceptors (Lipinski definition) is 5. The van der Waals surface area contributed by atoms with Gasteiger partial charge in [-0.05, 0) is 50.1 Å². The second-order valence-corrected chi connectivity index (χ2v) is 8.84. The van der Waals surface area contributed by atoms with Gasteiger partial charge in [0.05, 0.1) is 30.4 Å². The van der Waals surface area contributed by atoms with Gasteiger partial charge in [0, 0.05) is 49.7 Å². The maximum atomic E-state index is 12.7. The number of carbonyl (C=O) groups is 1. The number of rotatable bonds is 7. The summed E-state index contributed by atoms with van der Waals surface area (Å²) in [7, 11) is 0. The summed E-state index contributed by atoms with van der Waals surface area (Å²) in [6.07, 6.45) is 0.998. The Morgan fingerprint density at radius 2 is 1.79 bits per heavy atom. The highest BCUT2D eigenvalue weighted by Crippen LogP contribution is 2.18. The van der Waals surface area contributed by atoms with E-state index in [0.717, 1.165) is 61.8 Å². The highest BCUT2D eigenvalue weighted by molar-refractivity contribution is 5.78. The van der Waals surface area contributed by atoms with Crippen LogP contribution in [0, 0.1) is 25.2 Å². The van der Waals surface area contributed by atoms with Crippen molar-refractivity contribution in [2.45, 2.75) is 33.4 Å². The Bertz CT molecular complexity index is 1150. The Morgan fingerprint density at radius 3 is 2.53 bits per heavy atom. The van der Waals surface area contributed by atoms with Gasteiger partial charge < -0.3 is 10.2 Å². The van der Waals surface area contributed by atoms with Crippen molar-refractivity contribution >= 4 is 11.6 Å². The molecule has 2 heterocycles. The second kappa shape index (κ2) is 11.0. The van der Waals surface area contributed by atoms with Crippen molar-refractivity contribution in [2.75, 3.05) is 37.6 Å². The molecule has 7 nitrogen and oxygen atoms in total. The van der Waals surface area contributed by atoms with Crippen LogP contribution in [0.5, 0.6) is 0 Å². The summed E-state index contributed by atoms with van der Waals surface area (Å²) in [4.78, 5) is 17.3. The van der Waals surface area contributed by atoms with E-state index in [2.05, 4.69) is 40.2 Å². The van der Waals surface area contributed by atoms with E-state index in [9.17, 15) is 4.79 Å². The van der Waals surface area contributed by atoms with Crippen molar-refractivity contribution < 1.29 is 4.79 Å². The SMILES string of the molecule is Cc1nn(Cc2ccccc2)c(C)c1CNC(=O)CN1CCCN(c2ccc(C#N)cc2)CC1. The molecular weight excluding hydrogens is 424 g/mol. The highest BCUT2D eigenvalue weighted by atomic mass is 16.2. The number of aromatic nitrogens is 2. The van der Waals surface area contributed by atoms with E-state index in [1.807, 2.05) is 54.1 Å². The van der Waals surface area contributed by atoms with Gasteiger partial charge in [0.15, 0.2) is 0 Å². The molecule has 0 spiro atoms. The molecule has 0 unspecified atom stereocenters. The molecule has 0 aliphatic carbocycles. The Balaban J connectivity index is 1.28. The van der Waals surface area contributed by atoms with Crippen LogP contribution < -0.4 is 10.2 Å². The van der Waals surface area contributed by atoms with Crippen molar-refractivity contribution in [3.63, 3.8) is 0 Å². The van der Waals surface area contributed by atoms with Crippen LogP contribution in [0.2, 0.25) is 0 Å². The standard InChI is InChI=1S/C27H32N6O/c1-21-26(22(2)33(30-21)19-24-7-4-3-5-8-24)18-29-27(34)20-31-13-6-14-32(16-15-31)25-11-9-23(17-28)10-12-25/h3-5,7-12H,6,13-16,18-20H2,1-2H3,(H,29,34). The molecular formula is C27H32N6O. The molecule has 4 rings (SSSR count). The van der Waals surface area contributed by atoms with Crippen LogP contribution in [0.3, 0.4) is 0 Å².